The molecule has 0 aliphatic rings. The normalized spacial score (nSPS) is 13.6. The van der Waals surface area contributed by atoms with Gasteiger partial charge in [0.25, 0.3) is 5.91 Å². The summed E-state index contributed by atoms with van der Waals surface area (Å²) < 4.78 is 1.56. The number of amides is 1. The highest BCUT2D eigenvalue weighted by atomic mass is 16.3. The van der Waals surface area contributed by atoms with E-state index in [1.807, 2.05) is 19.9 Å². The van der Waals surface area contributed by atoms with Gasteiger partial charge in [-0.25, -0.2) is 0 Å². The molecule has 0 saturated carbocycles. The Morgan fingerprint density at radius 3 is 2.82 bits per heavy atom. The number of aliphatic hydroxyl groups is 1. The summed E-state index contributed by atoms with van der Waals surface area (Å²) in [4.78, 5) is 12.4. The smallest absolute Gasteiger partial charge is 0.251 e. The standard InChI is InChI=1S/C15H21N5O2/c1-4-10(2)14(9-21)16-15(22)12-6-5-7-13(8-12)20-11(3)17-18-19-20/h5-8,10,14,21H,4,9H2,1-3H3,(H,16,22). The van der Waals surface area contributed by atoms with Crippen LogP contribution in [0.1, 0.15) is 36.5 Å². The molecule has 118 valence electrons. The lowest BCUT2D eigenvalue weighted by Crippen LogP contribution is -2.41. The molecule has 0 aliphatic heterocycles. The number of aliphatic hydroxyl groups excluding tert-OH is 1. The van der Waals surface area contributed by atoms with Crippen LogP contribution < -0.4 is 5.32 Å². The van der Waals surface area contributed by atoms with Crippen molar-refractivity contribution in [2.24, 2.45) is 5.92 Å². The van der Waals surface area contributed by atoms with Gasteiger partial charge in [0.1, 0.15) is 0 Å². The second-order valence-electron chi connectivity index (χ2n) is 5.34. The van der Waals surface area contributed by atoms with Crippen LogP contribution >= 0.6 is 0 Å². The topological polar surface area (TPSA) is 92.9 Å². The Labute approximate surface area is 129 Å². The van der Waals surface area contributed by atoms with E-state index in [1.54, 1.807) is 29.8 Å². The number of carbonyl (C=O) groups excluding carboxylic acids is 1. The van der Waals surface area contributed by atoms with Crippen LogP contribution in [0.25, 0.3) is 5.69 Å². The number of benzene rings is 1. The molecule has 0 radical (unpaired) electrons. The number of aromatic nitrogens is 4. The van der Waals surface area contributed by atoms with Crippen LogP contribution in [0, 0.1) is 12.8 Å². The zero-order valence-electron chi connectivity index (χ0n) is 13.0. The molecule has 2 aromatic rings. The Morgan fingerprint density at radius 2 is 2.23 bits per heavy atom. The average Bonchev–Trinajstić information content (AvgIpc) is 2.97. The lowest BCUT2D eigenvalue weighted by atomic mass is 9.99. The molecule has 1 amide bonds. The van der Waals surface area contributed by atoms with Gasteiger partial charge in [-0.15, -0.1) is 5.10 Å². The summed E-state index contributed by atoms with van der Waals surface area (Å²) >= 11 is 0. The first-order chi connectivity index (χ1) is 10.6. The highest BCUT2D eigenvalue weighted by Crippen LogP contribution is 2.12. The number of nitrogens with one attached hydrogen (secondary N) is 1. The van der Waals surface area contributed by atoms with Crippen LogP contribution in [0.4, 0.5) is 0 Å². The van der Waals surface area contributed by atoms with Gasteiger partial charge in [0.05, 0.1) is 18.3 Å². The summed E-state index contributed by atoms with van der Waals surface area (Å²) in [5.41, 5.74) is 1.23. The van der Waals surface area contributed by atoms with Gasteiger partial charge in [0.15, 0.2) is 5.82 Å². The molecule has 0 aliphatic carbocycles. The van der Waals surface area contributed by atoms with E-state index in [1.165, 1.54) is 0 Å². The number of hydrogen-bond donors (Lipinski definition) is 2. The highest BCUT2D eigenvalue weighted by Gasteiger charge is 2.18. The lowest BCUT2D eigenvalue weighted by molar-refractivity contribution is 0.0891. The van der Waals surface area contributed by atoms with Crippen LogP contribution in [0.15, 0.2) is 24.3 Å². The van der Waals surface area contributed by atoms with Crippen molar-refractivity contribution >= 4 is 5.91 Å². The van der Waals surface area contributed by atoms with E-state index in [-0.39, 0.29) is 24.5 Å². The third-order valence-corrected chi connectivity index (χ3v) is 3.82. The summed E-state index contributed by atoms with van der Waals surface area (Å²) in [5, 5.41) is 23.6. The maximum Gasteiger partial charge on any atom is 0.251 e. The number of tetrazole rings is 1. The summed E-state index contributed by atoms with van der Waals surface area (Å²) in [6.45, 7) is 5.74. The molecular weight excluding hydrogens is 282 g/mol. The van der Waals surface area contributed by atoms with Crippen LogP contribution in [-0.4, -0.2) is 43.9 Å². The third kappa shape index (κ3) is 3.48. The van der Waals surface area contributed by atoms with Gasteiger partial charge in [-0.3, -0.25) is 4.79 Å². The van der Waals surface area contributed by atoms with Crippen molar-refractivity contribution in [3.05, 3.63) is 35.7 Å². The van der Waals surface area contributed by atoms with Crippen LogP contribution in [-0.2, 0) is 0 Å². The van der Waals surface area contributed by atoms with Crippen molar-refractivity contribution in [1.82, 2.24) is 25.5 Å². The molecule has 2 N–H and O–H groups in total. The van der Waals surface area contributed by atoms with Gasteiger partial charge in [-0.1, -0.05) is 26.3 Å². The fraction of sp³-hybridized carbons (Fsp3) is 0.467. The van der Waals surface area contributed by atoms with Gasteiger partial charge in [0.2, 0.25) is 0 Å². The molecule has 1 aromatic heterocycles. The minimum atomic E-state index is -0.254. The number of hydrogen-bond acceptors (Lipinski definition) is 5. The molecule has 1 heterocycles. The van der Waals surface area contributed by atoms with Crippen LogP contribution in [0.5, 0.6) is 0 Å². The van der Waals surface area contributed by atoms with E-state index in [0.717, 1.165) is 12.1 Å². The van der Waals surface area contributed by atoms with Crippen LogP contribution in [0.2, 0.25) is 0 Å². The van der Waals surface area contributed by atoms with Gasteiger partial charge in [-0.05, 0) is 41.5 Å². The molecule has 2 rings (SSSR count). The third-order valence-electron chi connectivity index (χ3n) is 3.82. The van der Waals surface area contributed by atoms with Crippen molar-refractivity contribution in [1.29, 1.82) is 0 Å². The van der Waals surface area contributed by atoms with Gasteiger partial charge in [-0.2, -0.15) is 4.68 Å². The van der Waals surface area contributed by atoms with Crippen molar-refractivity contribution in [3.63, 3.8) is 0 Å². The van der Waals surface area contributed by atoms with Crippen molar-refractivity contribution in [2.45, 2.75) is 33.2 Å². The number of rotatable bonds is 6. The lowest BCUT2D eigenvalue weighted by Gasteiger charge is -2.22. The fourth-order valence-corrected chi connectivity index (χ4v) is 2.15. The van der Waals surface area contributed by atoms with E-state index in [0.29, 0.717) is 11.4 Å². The summed E-state index contributed by atoms with van der Waals surface area (Å²) in [7, 11) is 0. The predicted molar refractivity (Wildman–Crippen MR) is 81.7 cm³/mol. The minimum absolute atomic E-state index is 0.0768. The number of nitrogens with zero attached hydrogens (tertiary/aromatic N) is 4. The summed E-state index contributed by atoms with van der Waals surface area (Å²) in [5.74, 6) is 0.635. The second kappa shape index (κ2) is 7.13. The predicted octanol–water partition coefficient (Wildman–Crippen LogP) is 1.11. The Hall–Kier alpha value is -2.28. The second-order valence-corrected chi connectivity index (χ2v) is 5.34. The molecular formula is C15H21N5O2. The van der Waals surface area contributed by atoms with Gasteiger partial charge < -0.3 is 10.4 Å². The zero-order chi connectivity index (χ0) is 16.1. The molecule has 0 saturated heterocycles. The average molecular weight is 303 g/mol. The van der Waals surface area contributed by atoms with E-state index in [4.69, 9.17) is 0 Å². The van der Waals surface area contributed by atoms with Gasteiger partial charge in [0, 0.05) is 5.56 Å². The van der Waals surface area contributed by atoms with E-state index >= 15 is 0 Å². The SMILES string of the molecule is CCC(C)C(CO)NC(=O)c1cccc(-n2nnnc2C)c1. The molecule has 7 heteroatoms. The molecule has 0 spiro atoms. The maximum absolute atomic E-state index is 12.4. The molecule has 0 bridgehead atoms. The van der Waals surface area contributed by atoms with E-state index in [2.05, 4.69) is 20.8 Å². The highest BCUT2D eigenvalue weighted by molar-refractivity contribution is 5.94. The monoisotopic (exact) mass is 303 g/mol. The molecule has 7 nitrogen and oxygen atoms in total. The zero-order valence-corrected chi connectivity index (χ0v) is 13.0. The Kier molecular flexibility index (Phi) is 5.21. The molecule has 2 atom stereocenters. The van der Waals surface area contributed by atoms with Crippen LogP contribution in [0.3, 0.4) is 0 Å². The minimum Gasteiger partial charge on any atom is -0.394 e. The van der Waals surface area contributed by atoms with Crippen molar-refractivity contribution < 1.29 is 9.90 Å². The Morgan fingerprint density at radius 1 is 1.45 bits per heavy atom. The summed E-state index contributed by atoms with van der Waals surface area (Å²) in [6.07, 6.45) is 0.884. The quantitative estimate of drug-likeness (QED) is 0.834. The first-order valence-corrected chi connectivity index (χ1v) is 7.34. The fourth-order valence-electron chi connectivity index (χ4n) is 2.15. The Balaban J connectivity index is 2.19. The van der Waals surface area contributed by atoms with E-state index in [9.17, 15) is 9.90 Å². The summed E-state index contributed by atoms with van der Waals surface area (Å²) in [6, 6.07) is 6.81. The maximum atomic E-state index is 12.4. The first-order valence-electron chi connectivity index (χ1n) is 7.34. The molecule has 1 aromatic carbocycles. The molecule has 22 heavy (non-hydrogen) atoms. The van der Waals surface area contributed by atoms with Crippen molar-refractivity contribution in [2.75, 3.05) is 6.61 Å². The van der Waals surface area contributed by atoms with Crippen molar-refractivity contribution in [3.8, 4) is 5.69 Å². The first kappa shape index (κ1) is 16.1. The largest absolute Gasteiger partial charge is 0.394 e. The molecule has 0 fully saturated rings. The molecule has 2 unspecified atom stereocenters. The number of carbonyl (C=O) groups is 1. The Bertz CT molecular complexity index is 640. The van der Waals surface area contributed by atoms with E-state index < -0.39 is 0 Å². The van der Waals surface area contributed by atoms with Gasteiger partial charge >= 0.3 is 0 Å². The number of aryl methyl sites for hydroxylation is 1.